The van der Waals surface area contributed by atoms with Crippen LogP contribution in [0.4, 0.5) is 0 Å². The van der Waals surface area contributed by atoms with Crippen LogP contribution in [0.3, 0.4) is 0 Å². The summed E-state index contributed by atoms with van der Waals surface area (Å²) in [4.78, 5) is 70.9. The van der Waals surface area contributed by atoms with Crippen LogP contribution in [-0.4, -0.2) is 106 Å². The van der Waals surface area contributed by atoms with Crippen LogP contribution in [0.1, 0.15) is 100 Å². The number of aryl methyl sites for hydroxylation is 1. The van der Waals surface area contributed by atoms with E-state index in [1.807, 2.05) is 25.2 Å². The number of esters is 1. The van der Waals surface area contributed by atoms with Gasteiger partial charge in [0.2, 0.25) is 18.0 Å². The smallest absolute Gasteiger partial charge is 0.353 e. The highest BCUT2D eigenvalue weighted by Crippen LogP contribution is 2.62. The van der Waals surface area contributed by atoms with Crippen LogP contribution in [-0.2, 0) is 48.0 Å². The summed E-state index contributed by atoms with van der Waals surface area (Å²) >= 11 is 1.42. The number of rotatable bonds is 17. The van der Waals surface area contributed by atoms with Gasteiger partial charge in [-0.15, -0.1) is 11.8 Å². The van der Waals surface area contributed by atoms with Gasteiger partial charge in [-0.05, 0) is 118 Å². The van der Waals surface area contributed by atoms with Crippen molar-refractivity contribution < 1.29 is 44.0 Å². The van der Waals surface area contributed by atoms with Crippen LogP contribution < -0.4 is 26.6 Å². The van der Waals surface area contributed by atoms with Gasteiger partial charge in [0.25, 0.3) is 0 Å². The standard InChI is InChI=1S/C50H64N6O9S/c1-51-30-54-37(46(60)61)17-18-39(57)55-38(44(58)56-45(59)47(62)63)29-66-43-42-41-34(13-4-3-7-21-49(43)22-8-9-23-49)28-35(27-31-19-25-53-26-20-31)40-36(52-2)16-15-33-12-6-5-11-32(33)14-10-24-50(40,41)48(64)65-42/h5-6,11-12,19-20,25-26,34,36-38,43,45,51-52,54,59H,3-4,7-9,13-18,21-23,27-30H2,1-2H3,(H,55,57)(H,56,58)(H,60,61)(H,62,63). The molecule has 5 aliphatic rings. The van der Waals surface area contributed by atoms with E-state index in [2.05, 4.69) is 61.6 Å². The first-order chi connectivity index (χ1) is 31.9. The van der Waals surface area contributed by atoms with Gasteiger partial charge >= 0.3 is 17.9 Å². The summed E-state index contributed by atoms with van der Waals surface area (Å²) in [6.07, 6.45) is 12.7. The highest BCUT2D eigenvalue weighted by Gasteiger charge is 2.62. The molecule has 8 N–H and O–H groups in total. The number of aliphatic hydroxyl groups is 1. The fourth-order valence-electron chi connectivity index (χ4n) is 11.1. The van der Waals surface area contributed by atoms with Gasteiger partial charge in [0.15, 0.2) is 5.41 Å². The molecule has 7 rings (SSSR count). The minimum absolute atomic E-state index is 0.0553. The second kappa shape index (κ2) is 22.2. The molecule has 1 fully saturated rings. The number of amides is 2. The number of aliphatic carboxylic acids is 2. The molecule has 2 spiro atoms. The normalized spacial score (nSPS) is 24.9. The Labute approximate surface area is 391 Å². The van der Waals surface area contributed by atoms with E-state index in [0.29, 0.717) is 25.0 Å². The molecule has 0 radical (unpaired) electrons. The molecule has 15 nitrogen and oxygen atoms in total. The molecular formula is C50H64N6O9S. The molecule has 2 amide bonds. The van der Waals surface area contributed by atoms with Gasteiger partial charge in [0.1, 0.15) is 17.8 Å². The van der Waals surface area contributed by atoms with Gasteiger partial charge in [-0.25, -0.2) is 9.59 Å². The van der Waals surface area contributed by atoms with Crippen molar-refractivity contribution in [1.29, 1.82) is 0 Å². The first-order valence-electron chi connectivity index (χ1n) is 23.5. The van der Waals surface area contributed by atoms with E-state index in [-0.39, 0.29) is 42.6 Å². The third-order valence-electron chi connectivity index (χ3n) is 14.3. The first kappa shape index (κ1) is 48.9. The Morgan fingerprint density at radius 1 is 0.909 bits per heavy atom. The number of aromatic nitrogens is 1. The van der Waals surface area contributed by atoms with E-state index < -0.39 is 58.7 Å². The second-order valence-electron chi connectivity index (χ2n) is 18.4. The minimum Gasteiger partial charge on any atom is -0.480 e. The number of carboxylic acid groups (broad SMARTS) is 2. The largest absolute Gasteiger partial charge is 0.480 e. The zero-order chi connectivity index (χ0) is 46.8. The number of pyridine rings is 1. The lowest BCUT2D eigenvalue weighted by Gasteiger charge is -2.44. The number of hydrogen-bond acceptors (Lipinski definition) is 12. The molecule has 4 aliphatic carbocycles. The summed E-state index contributed by atoms with van der Waals surface area (Å²) < 4.78 is 6.86. The fourth-order valence-corrected chi connectivity index (χ4v) is 12.8. The molecule has 1 aliphatic heterocycles. The summed E-state index contributed by atoms with van der Waals surface area (Å²) in [5.74, 6) is 2.93. The topological polar surface area (TPSA) is 228 Å². The van der Waals surface area contributed by atoms with Crippen LogP contribution in [0.25, 0.3) is 0 Å². The molecule has 0 saturated heterocycles. The molecule has 2 aromatic rings. The quantitative estimate of drug-likeness (QED) is 0.0483. The van der Waals surface area contributed by atoms with Crippen molar-refractivity contribution in [2.75, 3.05) is 26.5 Å². The number of hydrogen-bond donors (Lipinski definition) is 8. The third kappa shape index (κ3) is 10.7. The van der Waals surface area contributed by atoms with Crippen molar-refractivity contribution in [1.82, 2.24) is 31.6 Å². The number of carbonyl (C=O) groups excluding carboxylic acids is 3. The number of benzene rings is 1. The monoisotopic (exact) mass is 924 g/mol. The summed E-state index contributed by atoms with van der Waals surface area (Å²) in [5, 5.41) is 43.2. The number of nitrogens with one attached hydrogen (secondary N) is 5. The molecule has 2 heterocycles. The summed E-state index contributed by atoms with van der Waals surface area (Å²) in [6, 6.07) is 9.80. The molecular weight excluding hydrogens is 861 g/mol. The summed E-state index contributed by atoms with van der Waals surface area (Å²) in [6.45, 7) is 0.194. The minimum atomic E-state index is -2.23. The maximum atomic E-state index is 15.5. The van der Waals surface area contributed by atoms with Gasteiger partial charge in [0, 0.05) is 49.3 Å². The molecule has 1 aromatic carbocycles. The van der Waals surface area contributed by atoms with Gasteiger partial charge < -0.3 is 41.3 Å². The number of fused-ring (bicyclic) bond motifs is 1. The van der Waals surface area contributed by atoms with E-state index in [4.69, 9.17) is 4.74 Å². The Bertz CT molecular complexity index is 2250. The van der Waals surface area contributed by atoms with Crippen molar-refractivity contribution in [2.24, 2.45) is 16.7 Å². The number of carbonyl (C=O) groups is 5. The summed E-state index contributed by atoms with van der Waals surface area (Å²) in [5.41, 5.74) is 4.79. The van der Waals surface area contributed by atoms with Gasteiger partial charge in [-0.3, -0.25) is 24.7 Å². The molecule has 7 atom stereocenters. The van der Waals surface area contributed by atoms with Crippen LogP contribution in [0.2, 0.25) is 0 Å². The Balaban J connectivity index is 1.35. The molecule has 7 unspecified atom stereocenters. The predicted molar refractivity (Wildman–Crippen MR) is 249 cm³/mol. The Hall–Kier alpha value is -5.05. The average Bonchev–Trinajstić information content (AvgIpc) is 3.90. The SMILES string of the molecule is CNCNC(CCC(=O)NC(CSC1C2=C3C(CCCCCC14CCCC4)CC(Cc1ccncc1)=C1C(NC)CCc4ccccc4CC#CC31C(=O)O2)C(=O)NC(O)C(=O)O)C(=O)O. The highest BCUT2D eigenvalue weighted by atomic mass is 32.2. The lowest BCUT2D eigenvalue weighted by molar-refractivity contribution is -0.151. The lowest BCUT2D eigenvalue weighted by atomic mass is 9.58. The van der Waals surface area contributed by atoms with Crippen molar-refractivity contribution in [2.45, 2.75) is 132 Å². The average molecular weight is 925 g/mol. The second-order valence-corrected chi connectivity index (χ2v) is 19.5. The van der Waals surface area contributed by atoms with Gasteiger partial charge in [-0.2, -0.15) is 0 Å². The van der Waals surface area contributed by atoms with E-state index >= 15 is 4.79 Å². The number of carboxylic acids is 2. The number of aliphatic hydroxyl groups excluding tert-OH is 1. The molecule has 66 heavy (non-hydrogen) atoms. The van der Waals surface area contributed by atoms with Crippen LogP contribution in [0, 0.1) is 28.6 Å². The maximum absolute atomic E-state index is 15.5. The van der Waals surface area contributed by atoms with Gasteiger partial charge in [0.05, 0.1) is 5.25 Å². The molecule has 1 aromatic heterocycles. The first-order valence-corrected chi connectivity index (χ1v) is 24.5. The van der Waals surface area contributed by atoms with Crippen molar-refractivity contribution >= 4 is 41.5 Å². The molecule has 354 valence electrons. The Morgan fingerprint density at radius 2 is 1.64 bits per heavy atom. The van der Waals surface area contributed by atoms with Crippen LogP contribution >= 0.6 is 11.8 Å². The van der Waals surface area contributed by atoms with E-state index in [0.717, 1.165) is 92.9 Å². The lowest BCUT2D eigenvalue weighted by Crippen LogP contribution is -2.53. The third-order valence-corrected chi connectivity index (χ3v) is 15.9. The number of nitrogens with zero attached hydrogens (tertiary/aromatic N) is 1. The Kier molecular flexibility index (Phi) is 16.4. The Morgan fingerprint density at radius 3 is 2.33 bits per heavy atom. The zero-order valence-electron chi connectivity index (χ0n) is 38.0. The highest BCUT2D eigenvalue weighted by molar-refractivity contribution is 8.00. The fraction of sp³-hybridized carbons (Fsp3) is 0.560. The number of allylic oxidation sites excluding steroid dienone is 1. The van der Waals surface area contributed by atoms with E-state index in [1.165, 1.54) is 22.9 Å². The van der Waals surface area contributed by atoms with Crippen molar-refractivity contribution in [3.05, 3.63) is 88.0 Å². The zero-order valence-corrected chi connectivity index (χ0v) is 38.8. The number of ether oxygens (including phenoxy) is 1. The van der Waals surface area contributed by atoms with Crippen molar-refractivity contribution in [3.8, 4) is 11.8 Å². The van der Waals surface area contributed by atoms with Crippen LogP contribution in [0.15, 0.2) is 71.3 Å². The van der Waals surface area contributed by atoms with Crippen molar-refractivity contribution in [3.63, 3.8) is 0 Å². The number of thioether (sulfide) groups is 1. The van der Waals surface area contributed by atoms with E-state index in [9.17, 15) is 34.5 Å². The predicted octanol–water partition coefficient (Wildman–Crippen LogP) is 4.15. The maximum Gasteiger partial charge on any atom is 0.353 e. The molecule has 0 bridgehead atoms. The molecule has 16 heteroatoms. The molecule has 1 saturated carbocycles. The van der Waals surface area contributed by atoms with Crippen LogP contribution in [0.5, 0.6) is 0 Å². The van der Waals surface area contributed by atoms with Gasteiger partial charge in [-0.1, -0.05) is 73.8 Å². The number of likely N-dealkylation sites (N-methyl/N-ethyl adjacent to an activating group) is 1. The van der Waals surface area contributed by atoms with E-state index in [1.54, 1.807) is 19.4 Å². The summed E-state index contributed by atoms with van der Waals surface area (Å²) in [7, 11) is 3.60.